The first kappa shape index (κ1) is 13.5. The van der Waals surface area contributed by atoms with Gasteiger partial charge in [-0.3, -0.25) is 4.79 Å². The molecule has 1 saturated heterocycles. The van der Waals surface area contributed by atoms with Crippen molar-refractivity contribution in [2.45, 2.75) is 25.7 Å². The van der Waals surface area contributed by atoms with Crippen LogP contribution in [0.15, 0.2) is 12.1 Å². The minimum atomic E-state index is 0.0618. The number of benzene rings is 1. The van der Waals surface area contributed by atoms with Crippen molar-refractivity contribution in [3.05, 3.63) is 27.7 Å². The number of likely N-dealkylation sites (tertiary alicyclic amines) is 1. The summed E-state index contributed by atoms with van der Waals surface area (Å²) in [5, 5.41) is 10.7. The monoisotopic (exact) mass is 287 g/mol. The molecule has 2 rings (SSSR count). The van der Waals surface area contributed by atoms with Crippen LogP contribution in [0.2, 0.25) is 10.0 Å². The lowest BCUT2D eigenvalue weighted by molar-refractivity contribution is -0.129. The molecule has 0 saturated carbocycles. The van der Waals surface area contributed by atoms with Gasteiger partial charge >= 0.3 is 0 Å². The van der Waals surface area contributed by atoms with Gasteiger partial charge in [0.2, 0.25) is 5.91 Å². The Morgan fingerprint density at radius 2 is 2.22 bits per heavy atom. The number of hydrogen-bond acceptors (Lipinski definition) is 2. The minimum absolute atomic E-state index is 0.0618. The number of amides is 1. The molecule has 1 heterocycles. The van der Waals surface area contributed by atoms with Crippen LogP contribution in [-0.2, 0) is 4.79 Å². The molecule has 98 valence electrons. The van der Waals surface area contributed by atoms with E-state index in [1.807, 2.05) is 6.92 Å². The van der Waals surface area contributed by atoms with Gasteiger partial charge in [0.25, 0.3) is 0 Å². The third-order valence-corrected chi connectivity index (χ3v) is 4.18. The number of aromatic hydroxyl groups is 1. The molecular weight excluding hydrogens is 273 g/mol. The van der Waals surface area contributed by atoms with Crippen LogP contribution in [0.5, 0.6) is 5.75 Å². The summed E-state index contributed by atoms with van der Waals surface area (Å²) in [6, 6.07) is 3.13. The van der Waals surface area contributed by atoms with Crippen molar-refractivity contribution in [3.8, 4) is 5.75 Å². The summed E-state index contributed by atoms with van der Waals surface area (Å²) in [5.41, 5.74) is 0.663. The predicted octanol–water partition coefficient (Wildman–Crippen LogP) is 3.42. The van der Waals surface area contributed by atoms with Crippen LogP contribution in [0, 0.1) is 0 Å². The second kappa shape index (κ2) is 5.37. The topological polar surface area (TPSA) is 40.5 Å². The molecule has 18 heavy (non-hydrogen) atoms. The van der Waals surface area contributed by atoms with E-state index in [-0.39, 0.29) is 17.6 Å². The highest BCUT2D eigenvalue weighted by Crippen LogP contribution is 2.41. The quantitative estimate of drug-likeness (QED) is 0.905. The van der Waals surface area contributed by atoms with Gasteiger partial charge in [-0.1, -0.05) is 30.1 Å². The molecule has 1 aromatic rings. The first-order valence-corrected chi connectivity index (χ1v) is 6.74. The normalized spacial score (nSPS) is 19.3. The third kappa shape index (κ3) is 2.43. The van der Waals surface area contributed by atoms with Crippen molar-refractivity contribution in [3.63, 3.8) is 0 Å². The number of phenolic OH excluding ortho intramolecular Hbond substituents is 1. The highest BCUT2D eigenvalue weighted by atomic mass is 35.5. The van der Waals surface area contributed by atoms with Crippen LogP contribution in [-0.4, -0.2) is 29.0 Å². The molecule has 0 spiro atoms. The molecule has 3 nitrogen and oxygen atoms in total. The summed E-state index contributed by atoms with van der Waals surface area (Å²) >= 11 is 12.1. The van der Waals surface area contributed by atoms with Gasteiger partial charge in [0.15, 0.2) is 0 Å². The van der Waals surface area contributed by atoms with Crippen LogP contribution < -0.4 is 0 Å². The van der Waals surface area contributed by atoms with Crippen molar-refractivity contribution >= 4 is 29.1 Å². The van der Waals surface area contributed by atoms with E-state index in [4.69, 9.17) is 23.2 Å². The van der Waals surface area contributed by atoms with E-state index in [1.165, 1.54) is 0 Å². The number of hydrogen-bond donors (Lipinski definition) is 1. The Morgan fingerprint density at radius 1 is 1.50 bits per heavy atom. The highest BCUT2D eigenvalue weighted by molar-refractivity contribution is 6.42. The molecule has 1 N–H and O–H groups in total. The number of halogens is 2. The average Bonchev–Trinajstić information content (AvgIpc) is 2.83. The molecule has 0 radical (unpaired) electrons. The Balaban J connectivity index is 2.24. The lowest BCUT2D eigenvalue weighted by Crippen LogP contribution is -2.27. The van der Waals surface area contributed by atoms with Crippen LogP contribution in [0.1, 0.15) is 31.2 Å². The second-order valence-electron chi connectivity index (χ2n) is 4.47. The summed E-state index contributed by atoms with van der Waals surface area (Å²) in [6.07, 6.45) is 1.31. The van der Waals surface area contributed by atoms with E-state index >= 15 is 0 Å². The zero-order valence-corrected chi connectivity index (χ0v) is 11.6. The van der Waals surface area contributed by atoms with E-state index in [1.54, 1.807) is 17.0 Å². The molecule has 0 aliphatic carbocycles. The number of nitrogens with zero attached hydrogens (tertiary/aromatic N) is 1. The van der Waals surface area contributed by atoms with Crippen molar-refractivity contribution in [1.82, 2.24) is 4.90 Å². The zero-order valence-electron chi connectivity index (χ0n) is 10.1. The first-order valence-electron chi connectivity index (χ1n) is 5.99. The van der Waals surface area contributed by atoms with Crippen molar-refractivity contribution < 1.29 is 9.90 Å². The largest absolute Gasteiger partial charge is 0.508 e. The summed E-state index contributed by atoms with van der Waals surface area (Å²) < 4.78 is 0. The molecule has 1 atom stereocenters. The molecule has 1 aromatic carbocycles. The van der Waals surface area contributed by atoms with Gasteiger partial charge in [-0.15, -0.1) is 0 Å². The number of phenols is 1. The van der Waals surface area contributed by atoms with Gasteiger partial charge in [-0.25, -0.2) is 0 Å². The highest BCUT2D eigenvalue weighted by Gasteiger charge is 2.30. The summed E-state index contributed by atoms with van der Waals surface area (Å²) in [7, 11) is 0. The van der Waals surface area contributed by atoms with Crippen molar-refractivity contribution in [2.75, 3.05) is 13.1 Å². The molecule has 1 fully saturated rings. The Morgan fingerprint density at radius 3 is 2.89 bits per heavy atom. The van der Waals surface area contributed by atoms with Crippen molar-refractivity contribution in [2.24, 2.45) is 0 Å². The molecule has 1 amide bonds. The van der Waals surface area contributed by atoms with Gasteiger partial charge in [-0.2, -0.15) is 0 Å². The maximum Gasteiger partial charge on any atom is 0.222 e. The van der Waals surface area contributed by atoms with E-state index < -0.39 is 0 Å². The Bertz CT molecular complexity index is 476. The predicted molar refractivity (Wildman–Crippen MR) is 72.4 cm³/mol. The van der Waals surface area contributed by atoms with Crippen LogP contribution >= 0.6 is 23.2 Å². The van der Waals surface area contributed by atoms with Gasteiger partial charge < -0.3 is 10.0 Å². The fourth-order valence-corrected chi connectivity index (χ4v) is 2.87. The summed E-state index contributed by atoms with van der Waals surface area (Å²) in [4.78, 5) is 13.4. The van der Waals surface area contributed by atoms with Gasteiger partial charge in [0, 0.05) is 31.0 Å². The lowest BCUT2D eigenvalue weighted by Gasteiger charge is -2.17. The average molecular weight is 288 g/mol. The second-order valence-corrected chi connectivity index (χ2v) is 5.26. The van der Waals surface area contributed by atoms with E-state index in [9.17, 15) is 9.90 Å². The number of carbonyl (C=O) groups is 1. The maximum atomic E-state index is 11.6. The number of rotatable bonds is 2. The molecular formula is C13H15Cl2NO2. The van der Waals surface area contributed by atoms with Gasteiger partial charge in [-0.05, 0) is 18.6 Å². The van der Waals surface area contributed by atoms with E-state index in [0.29, 0.717) is 35.1 Å². The van der Waals surface area contributed by atoms with Crippen LogP contribution in [0.3, 0.4) is 0 Å². The van der Waals surface area contributed by atoms with Crippen LogP contribution in [0.25, 0.3) is 0 Å². The third-order valence-electron chi connectivity index (χ3n) is 3.36. The molecule has 5 heteroatoms. The Kier molecular flexibility index (Phi) is 4.03. The van der Waals surface area contributed by atoms with Gasteiger partial charge in [0.1, 0.15) is 5.75 Å². The Hall–Kier alpha value is -0.930. The fourth-order valence-electron chi connectivity index (χ4n) is 2.39. The van der Waals surface area contributed by atoms with E-state index in [0.717, 1.165) is 6.42 Å². The van der Waals surface area contributed by atoms with Crippen LogP contribution in [0.4, 0.5) is 0 Å². The zero-order chi connectivity index (χ0) is 13.3. The molecule has 1 aliphatic rings. The Labute approximate surface area is 116 Å². The minimum Gasteiger partial charge on any atom is -0.508 e. The first-order chi connectivity index (χ1) is 8.54. The molecule has 1 aliphatic heterocycles. The molecule has 0 bridgehead atoms. The van der Waals surface area contributed by atoms with Gasteiger partial charge in [0.05, 0.1) is 10.0 Å². The number of carbonyl (C=O) groups excluding carboxylic acids is 1. The summed E-state index contributed by atoms with van der Waals surface area (Å²) in [5.74, 6) is 0.349. The smallest absolute Gasteiger partial charge is 0.222 e. The van der Waals surface area contributed by atoms with Crippen molar-refractivity contribution in [1.29, 1.82) is 0 Å². The maximum absolute atomic E-state index is 11.6. The molecule has 0 aromatic heterocycles. The summed E-state index contributed by atoms with van der Waals surface area (Å²) in [6.45, 7) is 3.15. The SMILES string of the molecule is CCC(=O)N1CC[C@H](c2c(O)ccc(Cl)c2Cl)C1. The molecule has 0 unspecified atom stereocenters. The fraction of sp³-hybridized carbons (Fsp3) is 0.462. The van der Waals surface area contributed by atoms with E-state index in [2.05, 4.69) is 0 Å². The lowest BCUT2D eigenvalue weighted by atomic mass is 9.97. The standard InChI is InChI=1S/C13H15Cl2NO2/c1-2-11(18)16-6-5-8(7-16)12-10(17)4-3-9(14)13(12)15/h3-4,8,17H,2,5-7H2,1H3/t8-/m0/s1.